The van der Waals surface area contributed by atoms with Crippen LogP contribution in [0.4, 0.5) is 0 Å². The van der Waals surface area contributed by atoms with E-state index in [0.717, 1.165) is 71.0 Å². The second kappa shape index (κ2) is 24.8. The van der Waals surface area contributed by atoms with Crippen LogP contribution in [0.3, 0.4) is 0 Å². The first-order valence-electron chi connectivity index (χ1n) is 31.8. The molecule has 4 unspecified atom stereocenters. The molecule has 0 aromatic heterocycles. The fraction of sp³-hybridized carbons (Fsp3) is 1.00. The Morgan fingerprint density at radius 2 is 0.301 bits per heavy atom. The molecule has 6 saturated carbocycles. The van der Waals surface area contributed by atoms with Gasteiger partial charge in [-0.2, -0.15) is 0 Å². The minimum atomic E-state index is 0.518. The van der Waals surface area contributed by atoms with Crippen LogP contribution in [-0.2, 0) is 0 Å². The van der Waals surface area contributed by atoms with Crippen LogP contribution in [0.5, 0.6) is 0 Å². The zero-order valence-electron chi connectivity index (χ0n) is 58.1. The lowest BCUT2D eigenvalue weighted by Crippen LogP contribution is -2.40. The zero-order chi connectivity index (χ0) is 58.1. The van der Waals surface area contributed by atoms with Gasteiger partial charge in [0, 0.05) is 0 Å². The van der Waals surface area contributed by atoms with Crippen LogP contribution in [0.25, 0.3) is 0 Å². The number of rotatable bonds is 0. The van der Waals surface area contributed by atoms with Crippen molar-refractivity contribution in [3.05, 3.63) is 0 Å². The molecule has 0 spiro atoms. The number of hydrogen-bond donors (Lipinski definition) is 0. The molecule has 8 atom stereocenters. The quantitative estimate of drug-likeness (QED) is 0.227. The Morgan fingerprint density at radius 1 is 0.151 bits per heavy atom. The van der Waals surface area contributed by atoms with Gasteiger partial charge in [-0.25, -0.2) is 0 Å². The van der Waals surface area contributed by atoms with Crippen LogP contribution < -0.4 is 0 Å². The van der Waals surface area contributed by atoms with Gasteiger partial charge in [0.2, 0.25) is 0 Å². The van der Waals surface area contributed by atoms with Crippen LogP contribution in [0.1, 0.15) is 333 Å². The summed E-state index contributed by atoms with van der Waals surface area (Å²) >= 11 is 0. The first kappa shape index (κ1) is 71.0. The van der Waals surface area contributed by atoms with E-state index in [0.29, 0.717) is 65.0 Å². The van der Waals surface area contributed by atoms with Crippen LogP contribution in [0.15, 0.2) is 0 Å². The fourth-order valence-corrected chi connectivity index (χ4v) is 13.9. The average Bonchev–Trinajstić information content (AvgIpc) is 3.96. The van der Waals surface area contributed by atoms with E-state index in [9.17, 15) is 0 Å². The van der Waals surface area contributed by atoms with Crippen molar-refractivity contribution in [3.8, 4) is 0 Å². The summed E-state index contributed by atoms with van der Waals surface area (Å²) in [6.45, 7) is 85.6. The summed E-state index contributed by atoms with van der Waals surface area (Å²) in [4.78, 5) is 0. The summed E-state index contributed by atoms with van der Waals surface area (Å²) in [6.07, 6.45) is 18.9. The van der Waals surface area contributed by atoms with Gasteiger partial charge >= 0.3 is 0 Å². The van der Waals surface area contributed by atoms with E-state index in [1.54, 1.807) is 0 Å². The lowest BCUT2D eigenvalue weighted by Gasteiger charge is -2.49. The van der Waals surface area contributed by atoms with Crippen LogP contribution in [-0.4, -0.2) is 0 Å². The standard InChI is InChI=1S/2C14H28.C12H24.3C11H22/c1-13(2,3)11-7-9-12(10-8-11)14(4,5)6;1-13(2,3)11-8-7-9-12(10-11)14(4,5)6;1-11(2,3)9-7-10(8-9)12(4,5)6;3*1-10(2,3)8-7-9(8)11(4,5)6/h2*11-12H,7-10H2,1-6H3;9-10H,7-8H2,1-6H3;3*8-9H,7H2,1-6H3/t;;;8-,9+;8-,9-;/m....0./s1. The minimum absolute atomic E-state index is 0.518. The molecule has 6 aliphatic rings. The molecule has 0 bridgehead atoms. The molecular weight excluding hydrogens is 877 g/mol. The average molecular weight is 1020 g/mol. The van der Waals surface area contributed by atoms with Gasteiger partial charge < -0.3 is 0 Å². The van der Waals surface area contributed by atoms with E-state index < -0.39 is 0 Å². The Hall–Kier alpha value is 0. The summed E-state index contributed by atoms with van der Waals surface area (Å²) in [7, 11) is 0. The molecule has 73 heavy (non-hydrogen) atoms. The monoisotopic (exact) mass is 1020 g/mol. The Labute approximate surface area is 466 Å². The maximum absolute atomic E-state index is 2.41. The Kier molecular flexibility index (Phi) is 24.1. The molecule has 0 heteroatoms. The van der Waals surface area contributed by atoms with Crippen molar-refractivity contribution >= 4 is 0 Å². The Balaban J connectivity index is 0.000000439. The summed E-state index contributed by atoms with van der Waals surface area (Å²) in [6, 6.07) is 0. The molecular formula is C73H146. The van der Waals surface area contributed by atoms with Crippen molar-refractivity contribution in [2.45, 2.75) is 333 Å². The zero-order valence-corrected chi connectivity index (χ0v) is 58.1. The topological polar surface area (TPSA) is 0 Å². The first-order chi connectivity index (χ1) is 31.8. The molecule has 0 aromatic carbocycles. The molecule has 0 radical (unpaired) electrons. The second-order valence-corrected chi connectivity index (χ2v) is 39.7. The molecule has 0 N–H and O–H groups in total. The van der Waals surface area contributed by atoms with E-state index in [-0.39, 0.29) is 0 Å². The molecule has 6 aliphatic carbocycles. The maximum Gasteiger partial charge on any atom is -0.0329 e. The van der Waals surface area contributed by atoms with Crippen molar-refractivity contribution in [3.63, 3.8) is 0 Å². The van der Waals surface area contributed by atoms with E-state index in [1.165, 1.54) is 83.5 Å². The molecule has 0 aliphatic heterocycles. The molecule has 0 aromatic rings. The van der Waals surface area contributed by atoms with Crippen LogP contribution >= 0.6 is 0 Å². The Morgan fingerprint density at radius 3 is 0.425 bits per heavy atom. The van der Waals surface area contributed by atoms with Gasteiger partial charge in [-0.1, -0.05) is 256 Å². The molecule has 6 rings (SSSR count). The van der Waals surface area contributed by atoms with Crippen molar-refractivity contribution < 1.29 is 0 Å². The third-order valence-corrected chi connectivity index (χ3v) is 20.9. The van der Waals surface area contributed by atoms with Crippen molar-refractivity contribution in [2.24, 2.45) is 136 Å². The minimum Gasteiger partial charge on any atom is -0.0599 e. The Bertz CT molecular complexity index is 1340. The SMILES string of the molecule is CC(C)(C)C1CC(C(C)(C)C)C1.CC(C)(C)C1CC1C(C)(C)C.CC(C)(C)C1CCC(C(C)(C)C)CC1.CC(C)(C)C1CCCC(C(C)(C)C)C1.CC(C)(C)[C@@H]1C[C@@H]1C(C)(C)C.CC(C)(C)[C@H]1C[C@@H]1C(C)(C)C. The highest BCUT2D eigenvalue weighted by Crippen LogP contribution is 2.60. The molecule has 0 heterocycles. The summed E-state index contributed by atoms with van der Waals surface area (Å²) in [5.41, 5.74) is 6.42. The van der Waals surface area contributed by atoms with Crippen LogP contribution in [0.2, 0.25) is 0 Å². The largest absolute Gasteiger partial charge is 0.0599 e. The van der Waals surface area contributed by atoms with Gasteiger partial charge in [-0.15, -0.1) is 0 Å². The van der Waals surface area contributed by atoms with E-state index in [1.807, 2.05) is 0 Å². The van der Waals surface area contributed by atoms with Crippen LogP contribution in [0, 0.1) is 136 Å². The lowest BCUT2D eigenvalue weighted by molar-refractivity contribution is 0.0110. The normalized spacial score (nSPS) is 31.4. The highest BCUT2D eigenvalue weighted by atomic mass is 14.6. The molecule has 0 saturated heterocycles. The molecule has 6 fully saturated rings. The van der Waals surface area contributed by atoms with E-state index >= 15 is 0 Å². The maximum atomic E-state index is 2.41. The third-order valence-electron chi connectivity index (χ3n) is 20.9. The van der Waals surface area contributed by atoms with Gasteiger partial charge in [0.25, 0.3) is 0 Å². The fourth-order valence-electron chi connectivity index (χ4n) is 13.9. The smallest absolute Gasteiger partial charge is 0.0329 e. The van der Waals surface area contributed by atoms with Gasteiger partial charge in [0.05, 0.1) is 0 Å². The van der Waals surface area contributed by atoms with Crippen molar-refractivity contribution in [2.75, 3.05) is 0 Å². The summed E-state index contributed by atoms with van der Waals surface area (Å²) in [5, 5.41) is 0. The van der Waals surface area contributed by atoms with Gasteiger partial charge in [0.1, 0.15) is 0 Å². The third kappa shape index (κ3) is 25.3. The second-order valence-electron chi connectivity index (χ2n) is 39.7. The van der Waals surface area contributed by atoms with Gasteiger partial charge in [-0.3, -0.25) is 0 Å². The predicted molar refractivity (Wildman–Crippen MR) is 335 cm³/mol. The molecule has 0 nitrogen and oxygen atoms in total. The highest BCUT2D eigenvalue weighted by Gasteiger charge is 2.52. The van der Waals surface area contributed by atoms with E-state index in [2.05, 4.69) is 249 Å². The van der Waals surface area contributed by atoms with Gasteiger partial charge in [-0.05, 0) is 213 Å². The first-order valence-corrected chi connectivity index (χ1v) is 31.8. The predicted octanol–water partition coefficient (Wildman–Crippen LogP) is 25.0. The van der Waals surface area contributed by atoms with Gasteiger partial charge in [0.15, 0.2) is 0 Å². The van der Waals surface area contributed by atoms with Crippen molar-refractivity contribution in [1.82, 2.24) is 0 Å². The molecule has 438 valence electrons. The number of hydrogen-bond acceptors (Lipinski definition) is 0. The van der Waals surface area contributed by atoms with Crippen molar-refractivity contribution in [1.29, 1.82) is 0 Å². The summed E-state index contributed by atoms with van der Waals surface area (Å²) in [5.74, 6) is 11.6. The highest BCUT2D eigenvalue weighted by molar-refractivity contribution is 5.01. The summed E-state index contributed by atoms with van der Waals surface area (Å²) < 4.78 is 0. The van der Waals surface area contributed by atoms with E-state index in [4.69, 9.17) is 0 Å². The lowest BCUT2D eigenvalue weighted by atomic mass is 9.56. The molecule has 0 amide bonds.